The number of hydrogen-bond acceptors (Lipinski definition) is 5. The number of hydrogen-bond donors (Lipinski definition) is 1. The molecule has 0 amide bonds. The highest BCUT2D eigenvalue weighted by Gasteiger charge is 2.16. The van der Waals surface area contributed by atoms with Gasteiger partial charge in [0.1, 0.15) is 11.6 Å². The summed E-state index contributed by atoms with van der Waals surface area (Å²) >= 11 is 0. The molecule has 0 aliphatic rings. The second-order valence-corrected chi connectivity index (χ2v) is 5.34. The van der Waals surface area contributed by atoms with Crippen LogP contribution in [-0.4, -0.2) is 22.5 Å². The average Bonchev–Trinajstić information content (AvgIpc) is 2.61. The number of aromatic amines is 1. The molecule has 1 heterocycles. The van der Waals surface area contributed by atoms with Crippen molar-refractivity contribution in [1.82, 2.24) is 9.97 Å². The number of aromatic nitrogens is 2. The lowest BCUT2D eigenvalue weighted by atomic mass is 10.2. The molecule has 3 aromatic rings. The fraction of sp³-hybridized carbons (Fsp3) is 0.167. The lowest BCUT2D eigenvalue weighted by molar-refractivity contribution is -0.151. The quantitative estimate of drug-likeness (QED) is 0.721. The summed E-state index contributed by atoms with van der Waals surface area (Å²) in [6, 6.07) is 12.2. The van der Waals surface area contributed by atoms with E-state index >= 15 is 0 Å². The maximum Gasteiger partial charge on any atom is 0.344 e. The second-order valence-electron chi connectivity index (χ2n) is 5.34. The van der Waals surface area contributed by atoms with Crippen LogP contribution < -0.4 is 10.3 Å². The molecule has 0 fully saturated rings. The predicted molar refractivity (Wildman–Crippen MR) is 88.8 cm³/mol. The van der Waals surface area contributed by atoms with E-state index in [2.05, 4.69) is 9.97 Å². The summed E-state index contributed by atoms with van der Waals surface area (Å²) in [5.74, 6) is -0.426. The molecule has 0 spiro atoms. The summed E-state index contributed by atoms with van der Waals surface area (Å²) in [6.45, 7) is 1.26. The zero-order valence-electron chi connectivity index (χ0n) is 13.4. The number of nitrogens with one attached hydrogen (secondary N) is 1. The Morgan fingerprint density at radius 3 is 2.68 bits per heavy atom. The average molecular weight is 342 g/mol. The Morgan fingerprint density at radius 1 is 1.20 bits per heavy atom. The van der Waals surface area contributed by atoms with Crippen molar-refractivity contribution in [2.45, 2.75) is 13.0 Å². The zero-order valence-corrected chi connectivity index (χ0v) is 13.4. The summed E-state index contributed by atoms with van der Waals surface area (Å²) in [5, 5.41) is 0.462. The minimum absolute atomic E-state index is 0.249. The van der Waals surface area contributed by atoms with Crippen LogP contribution >= 0.6 is 0 Å². The van der Waals surface area contributed by atoms with Crippen molar-refractivity contribution < 1.29 is 18.7 Å². The molecule has 0 saturated heterocycles. The number of para-hydroxylation sites is 1. The SMILES string of the molecule is C[C@@H](OC(=O)COc1ccc(F)cc1)c1nc2ccccc2c(=O)[nH]1. The Hall–Kier alpha value is -3.22. The zero-order chi connectivity index (χ0) is 17.8. The molecule has 0 aliphatic carbocycles. The van der Waals surface area contributed by atoms with Gasteiger partial charge in [0, 0.05) is 0 Å². The Kier molecular flexibility index (Phi) is 4.74. The van der Waals surface area contributed by atoms with Crippen molar-refractivity contribution in [2.75, 3.05) is 6.61 Å². The van der Waals surface area contributed by atoms with Gasteiger partial charge in [-0.3, -0.25) is 4.79 Å². The molecule has 0 saturated carbocycles. The second kappa shape index (κ2) is 7.12. The molecule has 1 N–H and O–H groups in total. The Labute approximate surface area is 142 Å². The van der Waals surface area contributed by atoms with Gasteiger partial charge < -0.3 is 14.5 Å². The number of nitrogens with zero attached hydrogens (tertiary/aromatic N) is 1. The number of benzene rings is 2. The minimum Gasteiger partial charge on any atom is -0.482 e. The van der Waals surface area contributed by atoms with Crippen LogP contribution in [0.4, 0.5) is 4.39 Å². The molecule has 25 heavy (non-hydrogen) atoms. The van der Waals surface area contributed by atoms with E-state index in [0.717, 1.165) is 0 Å². The summed E-state index contributed by atoms with van der Waals surface area (Å²) in [7, 11) is 0. The number of esters is 1. The number of carbonyl (C=O) groups excluding carboxylic acids is 1. The number of halogens is 1. The summed E-state index contributed by atoms with van der Waals surface area (Å²) in [5.41, 5.74) is 0.220. The molecular formula is C18H15FN2O4. The third-order valence-electron chi connectivity index (χ3n) is 3.49. The van der Waals surface area contributed by atoms with E-state index in [4.69, 9.17) is 9.47 Å². The normalized spacial score (nSPS) is 11.9. The van der Waals surface area contributed by atoms with Crippen LogP contribution in [0.3, 0.4) is 0 Å². The van der Waals surface area contributed by atoms with Gasteiger partial charge in [-0.15, -0.1) is 0 Å². The maximum atomic E-state index is 12.8. The van der Waals surface area contributed by atoms with Gasteiger partial charge in [0.25, 0.3) is 5.56 Å². The highest BCUT2D eigenvalue weighted by molar-refractivity contribution is 5.77. The van der Waals surface area contributed by atoms with E-state index in [1.54, 1.807) is 31.2 Å². The van der Waals surface area contributed by atoms with Crippen LogP contribution in [-0.2, 0) is 9.53 Å². The van der Waals surface area contributed by atoms with Gasteiger partial charge in [0.15, 0.2) is 18.5 Å². The van der Waals surface area contributed by atoms with Gasteiger partial charge in [-0.2, -0.15) is 0 Å². The van der Waals surface area contributed by atoms with Crippen molar-refractivity contribution in [1.29, 1.82) is 0 Å². The minimum atomic E-state index is -0.748. The molecule has 3 rings (SSSR count). The molecular weight excluding hydrogens is 327 g/mol. The van der Waals surface area contributed by atoms with Gasteiger partial charge >= 0.3 is 5.97 Å². The van der Waals surface area contributed by atoms with Crippen LogP contribution in [0.15, 0.2) is 53.3 Å². The first-order valence-electron chi connectivity index (χ1n) is 7.60. The third-order valence-corrected chi connectivity index (χ3v) is 3.49. The predicted octanol–water partition coefficient (Wildman–Crippen LogP) is 2.75. The maximum absolute atomic E-state index is 12.8. The van der Waals surface area contributed by atoms with Gasteiger partial charge in [-0.25, -0.2) is 14.2 Å². The van der Waals surface area contributed by atoms with Crippen molar-refractivity contribution in [3.05, 3.63) is 70.5 Å². The molecule has 1 aromatic heterocycles. The highest BCUT2D eigenvalue weighted by Crippen LogP contribution is 2.15. The van der Waals surface area contributed by atoms with Crippen molar-refractivity contribution in [3.63, 3.8) is 0 Å². The molecule has 1 atom stereocenters. The first kappa shape index (κ1) is 16.6. The summed E-state index contributed by atoms with van der Waals surface area (Å²) in [6.07, 6.45) is -0.748. The molecule has 7 heteroatoms. The van der Waals surface area contributed by atoms with E-state index in [1.807, 2.05) is 0 Å². The number of rotatable bonds is 5. The van der Waals surface area contributed by atoms with E-state index in [-0.39, 0.29) is 18.0 Å². The lowest BCUT2D eigenvalue weighted by Crippen LogP contribution is -2.20. The Morgan fingerprint density at radius 2 is 1.92 bits per heavy atom. The third kappa shape index (κ3) is 4.00. The smallest absolute Gasteiger partial charge is 0.344 e. The van der Waals surface area contributed by atoms with Gasteiger partial charge in [0.2, 0.25) is 0 Å². The highest BCUT2D eigenvalue weighted by atomic mass is 19.1. The molecule has 0 bridgehead atoms. The summed E-state index contributed by atoms with van der Waals surface area (Å²) < 4.78 is 23.2. The van der Waals surface area contributed by atoms with E-state index in [9.17, 15) is 14.0 Å². The first-order valence-corrected chi connectivity index (χ1v) is 7.60. The van der Waals surface area contributed by atoms with Gasteiger partial charge in [-0.1, -0.05) is 12.1 Å². The molecule has 6 nitrogen and oxygen atoms in total. The van der Waals surface area contributed by atoms with Crippen molar-refractivity contribution in [2.24, 2.45) is 0 Å². The van der Waals surface area contributed by atoms with Crippen molar-refractivity contribution >= 4 is 16.9 Å². The van der Waals surface area contributed by atoms with Crippen LogP contribution in [0.5, 0.6) is 5.75 Å². The van der Waals surface area contributed by atoms with E-state index in [1.165, 1.54) is 24.3 Å². The van der Waals surface area contributed by atoms with Gasteiger partial charge in [0.05, 0.1) is 10.9 Å². The number of ether oxygens (including phenoxy) is 2. The summed E-state index contributed by atoms with van der Waals surface area (Å²) in [4.78, 5) is 30.8. The van der Waals surface area contributed by atoms with E-state index in [0.29, 0.717) is 16.7 Å². The molecule has 2 aromatic carbocycles. The Balaban J connectivity index is 1.65. The van der Waals surface area contributed by atoms with Gasteiger partial charge in [-0.05, 0) is 43.3 Å². The molecule has 0 aliphatic heterocycles. The standard InChI is InChI=1S/C18H15FN2O4/c1-11(17-20-15-5-3-2-4-14(15)18(23)21-17)25-16(22)10-24-13-8-6-12(19)7-9-13/h2-9,11H,10H2,1H3,(H,20,21,23)/t11-/m1/s1. The fourth-order valence-electron chi connectivity index (χ4n) is 2.26. The number of H-pyrrole nitrogens is 1. The monoisotopic (exact) mass is 342 g/mol. The Bertz CT molecular complexity index is 953. The topological polar surface area (TPSA) is 81.3 Å². The molecule has 0 radical (unpaired) electrons. The molecule has 128 valence electrons. The van der Waals surface area contributed by atoms with E-state index < -0.39 is 17.9 Å². The van der Waals surface area contributed by atoms with Crippen LogP contribution in [0, 0.1) is 5.82 Å². The largest absolute Gasteiger partial charge is 0.482 e. The number of fused-ring (bicyclic) bond motifs is 1. The number of carbonyl (C=O) groups is 1. The fourth-order valence-corrected chi connectivity index (χ4v) is 2.26. The van der Waals surface area contributed by atoms with Crippen LogP contribution in [0.25, 0.3) is 10.9 Å². The molecule has 0 unspecified atom stereocenters. The van der Waals surface area contributed by atoms with Crippen LogP contribution in [0.1, 0.15) is 18.9 Å². The van der Waals surface area contributed by atoms with Crippen LogP contribution in [0.2, 0.25) is 0 Å². The first-order chi connectivity index (χ1) is 12.0. The van der Waals surface area contributed by atoms with Crippen molar-refractivity contribution in [3.8, 4) is 5.75 Å². The lowest BCUT2D eigenvalue weighted by Gasteiger charge is -2.13.